The summed E-state index contributed by atoms with van der Waals surface area (Å²) in [5.41, 5.74) is 7.23. The summed E-state index contributed by atoms with van der Waals surface area (Å²) in [6.45, 7) is 6.11. The summed E-state index contributed by atoms with van der Waals surface area (Å²) in [7, 11) is 1.51. The number of nitrogens with two attached hydrogens (primary N) is 1. The SMILES string of the molecule is CC[C@H](C)[C@H](NC(=O)c1ccccc1)C(=O)N[C@@H](CCCCN)C(=O)N1CCN(c2ccc3ncn(CC(=O)NC)c(=O)c3c2)CC1. The normalized spacial score (nSPS) is 15.1. The van der Waals surface area contributed by atoms with E-state index < -0.39 is 12.1 Å². The number of nitrogens with zero attached hydrogens (tertiary/aromatic N) is 4. The lowest BCUT2D eigenvalue weighted by molar-refractivity contribution is -0.137. The second-order valence-corrected chi connectivity index (χ2v) is 11.9. The number of benzene rings is 2. The van der Waals surface area contributed by atoms with Crippen LogP contribution in [0.1, 0.15) is 49.9 Å². The quantitative estimate of drug-likeness (QED) is 0.190. The summed E-state index contributed by atoms with van der Waals surface area (Å²) < 4.78 is 1.28. The van der Waals surface area contributed by atoms with Crippen molar-refractivity contribution in [3.63, 3.8) is 0 Å². The van der Waals surface area contributed by atoms with Crippen LogP contribution >= 0.6 is 0 Å². The number of carbonyl (C=O) groups is 4. The molecule has 1 aliphatic rings. The first-order valence-corrected chi connectivity index (χ1v) is 16.3. The Kier molecular flexibility index (Phi) is 12.5. The Labute approximate surface area is 274 Å². The van der Waals surface area contributed by atoms with E-state index in [1.807, 2.05) is 26.0 Å². The van der Waals surface area contributed by atoms with Gasteiger partial charge in [0.2, 0.25) is 17.7 Å². The van der Waals surface area contributed by atoms with Gasteiger partial charge in [0.05, 0.1) is 17.2 Å². The van der Waals surface area contributed by atoms with Gasteiger partial charge in [0, 0.05) is 44.5 Å². The monoisotopic (exact) mass is 646 g/mol. The zero-order valence-electron chi connectivity index (χ0n) is 27.4. The average Bonchev–Trinajstić information content (AvgIpc) is 3.10. The molecule has 2 aromatic carbocycles. The van der Waals surface area contributed by atoms with Crippen LogP contribution in [0.15, 0.2) is 59.7 Å². The van der Waals surface area contributed by atoms with Crippen molar-refractivity contribution in [3.8, 4) is 0 Å². The van der Waals surface area contributed by atoms with Crippen LogP contribution in [0.5, 0.6) is 0 Å². The second-order valence-electron chi connectivity index (χ2n) is 11.9. The Balaban J connectivity index is 1.44. The average molecular weight is 647 g/mol. The van der Waals surface area contributed by atoms with E-state index in [4.69, 9.17) is 5.73 Å². The second kappa shape index (κ2) is 16.7. The highest BCUT2D eigenvalue weighted by Crippen LogP contribution is 2.21. The van der Waals surface area contributed by atoms with E-state index in [2.05, 4.69) is 25.8 Å². The van der Waals surface area contributed by atoms with Crippen LogP contribution in [-0.2, 0) is 20.9 Å². The third-order valence-corrected chi connectivity index (χ3v) is 8.74. The smallest absolute Gasteiger partial charge is 0.261 e. The zero-order chi connectivity index (χ0) is 33.9. The van der Waals surface area contributed by atoms with Gasteiger partial charge >= 0.3 is 0 Å². The van der Waals surface area contributed by atoms with Crippen molar-refractivity contribution < 1.29 is 19.2 Å². The molecule has 47 heavy (non-hydrogen) atoms. The number of carbonyl (C=O) groups excluding carboxylic acids is 4. The Morgan fingerprint density at radius 2 is 1.70 bits per heavy atom. The molecule has 2 heterocycles. The van der Waals surface area contributed by atoms with Crippen LogP contribution in [0, 0.1) is 5.92 Å². The van der Waals surface area contributed by atoms with Crippen molar-refractivity contribution in [2.75, 3.05) is 44.7 Å². The van der Waals surface area contributed by atoms with E-state index in [1.54, 1.807) is 41.3 Å². The number of anilines is 1. The molecule has 0 aliphatic carbocycles. The number of hydrogen-bond donors (Lipinski definition) is 4. The maximum atomic E-state index is 13.8. The largest absolute Gasteiger partial charge is 0.368 e. The molecule has 4 rings (SSSR count). The van der Waals surface area contributed by atoms with Gasteiger partial charge in [0.1, 0.15) is 18.6 Å². The van der Waals surface area contributed by atoms with Gasteiger partial charge in [0.15, 0.2) is 0 Å². The number of unbranched alkanes of at least 4 members (excludes halogenated alkanes) is 1. The highest BCUT2D eigenvalue weighted by Gasteiger charge is 2.33. The zero-order valence-corrected chi connectivity index (χ0v) is 27.4. The fourth-order valence-electron chi connectivity index (χ4n) is 5.62. The summed E-state index contributed by atoms with van der Waals surface area (Å²) in [6.07, 6.45) is 3.85. The van der Waals surface area contributed by atoms with Gasteiger partial charge in [-0.05, 0) is 62.1 Å². The molecule has 1 fully saturated rings. The molecule has 13 nitrogen and oxygen atoms in total. The van der Waals surface area contributed by atoms with Crippen molar-refractivity contribution in [1.82, 2.24) is 30.4 Å². The molecule has 5 N–H and O–H groups in total. The highest BCUT2D eigenvalue weighted by atomic mass is 16.2. The van der Waals surface area contributed by atoms with Crippen LogP contribution < -0.4 is 32.1 Å². The minimum absolute atomic E-state index is 0.121. The lowest BCUT2D eigenvalue weighted by atomic mass is 9.97. The van der Waals surface area contributed by atoms with E-state index in [9.17, 15) is 24.0 Å². The van der Waals surface area contributed by atoms with E-state index in [0.717, 1.165) is 5.69 Å². The number of likely N-dealkylation sites (N-methyl/N-ethyl adjacent to an activating group) is 1. The maximum Gasteiger partial charge on any atom is 0.261 e. The number of amides is 4. The lowest BCUT2D eigenvalue weighted by Crippen LogP contribution is -2.58. The molecular weight excluding hydrogens is 600 g/mol. The third kappa shape index (κ3) is 8.94. The van der Waals surface area contributed by atoms with Crippen LogP contribution in [0.3, 0.4) is 0 Å². The van der Waals surface area contributed by atoms with Crippen molar-refractivity contribution in [1.29, 1.82) is 0 Å². The standard InChI is InChI=1S/C34H46N8O5/c1-4-23(2)30(39-31(44)24-10-6-5-7-11-24)32(45)38-28(12-8-9-15-35)34(47)41-18-16-40(17-19-41)25-13-14-27-26(20-25)33(46)42(22-37-27)21-29(43)36-3/h5-7,10-11,13-14,20,22-23,28,30H,4,8-9,12,15-19,21,35H2,1-3H3,(H,36,43)(H,38,45)(H,39,44)/t23-,28-,30-/m0/s1. The van der Waals surface area contributed by atoms with E-state index in [0.29, 0.717) is 74.9 Å². The van der Waals surface area contributed by atoms with Gasteiger partial charge in [-0.1, -0.05) is 38.5 Å². The molecule has 3 aromatic rings. The molecule has 0 unspecified atom stereocenters. The van der Waals surface area contributed by atoms with Crippen molar-refractivity contribution in [3.05, 3.63) is 70.8 Å². The van der Waals surface area contributed by atoms with Crippen LogP contribution in [-0.4, -0.2) is 89.9 Å². The number of rotatable bonds is 14. The minimum atomic E-state index is -0.808. The first-order chi connectivity index (χ1) is 22.7. The fourth-order valence-corrected chi connectivity index (χ4v) is 5.62. The van der Waals surface area contributed by atoms with Crippen molar-refractivity contribution in [2.45, 2.75) is 58.2 Å². The molecule has 0 spiro atoms. The topological polar surface area (TPSA) is 172 Å². The van der Waals surface area contributed by atoms with Gasteiger partial charge in [0.25, 0.3) is 11.5 Å². The number of hydrogen-bond acceptors (Lipinski definition) is 8. The third-order valence-electron chi connectivity index (χ3n) is 8.74. The first kappa shape index (κ1) is 35.1. The molecule has 13 heteroatoms. The van der Waals surface area contributed by atoms with Crippen molar-refractivity contribution in [2.24, 2.45) is 11.7 Å². The van der Waals surface area contributed by atoms with Crippen molar-refractivity contribution >= 4 is 40.2 Å². The maximum absolute atomic E-state index is 13.8. The Hall–Kier alpha value is -4.78. The predicted molar refractivity (Wildman–Crippen MR) is 181 cm³/mol. The molecule has 4 amide bonds. The summed E-state index contributed by atoms with van der Waals surface area (Å²) in [5.74, 6) is -1.36. The van der Waals surface area contributed by atoms with Crippen LogP contribution in [0.2, 0.25) is 0 Å². The molecule has 252 valence electrons. The number of aromatic nitrogens is 2. The summed E-state index contributed by atoms with van der Waals surface area (Å²) in [4.78, 5) is 73.5. The molecular formula is C34H46N8O5. The molecule has 0 saturated carbocycles. The van der Waals surface area contributed by atoms with Crippen LogP contribution in [0.25, 0.3) is 10.9 Å². The highest BCUT2D eigenvalue weighted by molar-refractivity contribution is 5.98. The molecule has 0 radical (unpaired) electrons. The van der Waals surface area contributed by atoms with Gasteiger partial charge in [-0.3, -0.25) is 28.5 Å². The Bertz CT molecular complexity index is 1600. The Morgan fingerprint density at radius 1 is 0.979 bits per heavy atom. The molecule has 3 atom stereocenters. The molecule has 0 bridgehead atoms. The number of piperazine rings is 1. The summed E-state index contributed by atoms with van der Waals surface area (Å²) in [5, 5.41) is 8.77. The number of fused-ring (bicyclic) bond motifs is 1. The lowest BCUT2D eigenvalue weighted by Gasteiger charge is -2.38. The predicted octanol–water partition coefficient (Wildman–Crippen LogP) is 1.25. The van der Waals surface area contributed by atoms with E-state index in [1.165, 1.54) is 17.9 Å². The first-order valence-electron chi connectivity index (χ1n) is 16.3. The van der Waals surface area contributed by atoms with Crippen LogP contribution in [0.4, 0.5) is 5.69 Å². The Morgan fingerprint density at radius 3 is 2.36 bits per heavy atom. The van der Waals surface area contributed by atoms with Gasteiger partial charge in [-0.2, -0.15) is 0 Å². The van der Waals surface area contributed by atoms with Gasteiger partial charge in [-0.15, -0.1) is 0 Å². The summed E-state index contributed by atoms with van der Waals surface area (Å²) >= 11 is 0. The fraction of sp³-hybridized carbons (Fsp3) is 0.471. The van der Waals surface area contributed by atoms with Gasteiger partial charge < -0.3 is 31.5 Å². The molecule has 1 aromatic heterocycles. The molecule has 1 aliphatic heterocycles. The number of nitrogens with one attached hydrogen (secondary N) is 3. The van der Waals surface area contributed by atoms with E-state index >= 15 is 0 Å². The van der Waals surface area contributed by atoms with E-state index in [-0.39, 0.29) is 41.7 Å². The summed E-state index contributed by atoms with van der Waals surface area (Å²) in [6, 6.07) is 12.6. The minimum Gasteiger partial charge on any atom is -0.368 e. The van der Waals surface area contributed by atoms with Gasteiger partial charge in [-0.25, -0.2) is 4.98 Å². The molecule has 1 saturated heterocycles.